The number of para-hydroxylation sites is 1. The lowest BCUT2D eigenvalue weighted by atomic mass is 9.97. The second kappa shape index (κ2) is 9.12. The lowest BCUT2D eigenvalue weighted by molar-refractivity contribution is 0.0953. The van der Waals surface area contributed by atoms with Crippen LogP contribution in [0.3, 0.4) is 0 Å². The molecule has 3 rings (SSSR count). The van der Waals surface area contributed by atoms with Crippen molar-refractivity contribution in [2.45, 2.75) is 32.1 Å². The molecule has 0 unspecified atom stereocenters. The van der Waals surface area contributed by atoms with Crippen LogP contribution in [0.25, 0.3) is 0 Å². The van der Waals surface area contributed by atoms with Crippen LogP contribution in [-0.4, -0.2) is 30.4 Å². The average molecular weight is 363 g/mol. The van der Waals surface area contributed by atoms with Crippen molar-refractivity contribution in [3.05, 3.63) is 71.6 Å². The minimum atomic E-state index is -0.198. The average Bonchev–Trinajstić information content (AvgIpc) is 2.74. The van der Waals surface area contributed by atoms with Crippen molar-refractivity contribution >= 4 is 17.5 Å². The molecule has 5 heteroatoms. The van der Waals surface area contributed by atoms with E-state index in [9.17, 15) is 9.59 Å². The summed E-state index contributed by atoms with van der Waals surface area (Å²) < 4.78 is 0. The summed E-state index contributed by atoms with van der Waals surface area (Å²) in [5, 5.41) is 2.93. The molecular weight excluding hydrogens is 338 g/mol. The van der Waals surface area contributed by atoms with Crippen molar-refractivity contribution in [3.63, 3.8) is 0 Å². The quantitative estimate of drug-likeness (QED) is 0.790. The standard InChI is InChI=1S/C22H25N3O2/c1-25(20-10-6-3-7-11-20)22(27)19-14-18(15-23-16-19)21(26)24-13-12-17-8-4-2-5-9-17/h3,6-8,10-11,14-16H,2,4-5,9,12-13H2,1H3,(H,24,26). The van der Waals surface area contributed by atoms with E-state index < -0.39 is 0 Å². The second-order valence-corrected chi connectivity index (χ2v) is 6.78. The molecule has 0 saturated heterocycles. The number of aromatic nitrogens is 1. The van der Waals surface area contributed by atoms with Gasteiger partial charge in [0.15, 0.2) is 0 Å². The Bertz CT molecular complexity index is 830. The van der Waals surface area contributed by atoms with Gasteiger partial charge in [0.05, 0.1) is 11.1 Å². The van der Waals surface area contributed by atoms with Crippen molar-refractivity contribution in [2.24, 2.45) is 0 Å². The van der Waals surface area contributed by atoms with Crippen LogP contribution in [0.5, 0.6) is 0 Å². The molecule has 27 heavy (non-hydrogen) atoms. The van der Waals surface area contributed by atoms with E-state index in [1.807, 2.05) is 30.3 Å². The summed E-state index contributed by atoms with van der Waals surface area (Å²) in [6.45, 7) is 0.604. The molecule has 1 aromatic heterocycles. The van der Waals surface area contributed by atoms with Gasteiger partial charge in [-0.3, -0.25) is 14.6 Å². The van der Waals surface area contributed by atoms with Crippen molar-refractivity contribution < 1.29 is 9.59 Å². The van der Waals surface area contributed by atoms with E-state index in [1.54, 1.807) is 18.0 Å². The number of pyridine rings is 1. The summed E-state index contributed by atoms with van der Waals surface area (Å²) in [4.78, 5) is 30.7. The van der Waals surface area contributed by atoms with E-state index in [4.69, 9.17) is 0 Å². The van der Waals surface area contributed by atoms with Gasteiger partial charge in [-0.2, -0.15) is 0 Å². The van der Waals surface area contributed by atoms with Crippen LogP contribution < -0.4 is 10.2 Å². The zero-order valence-electron chi connectivity index (χ0n) is 15.6. The normalized spacial score (nSPS) is 13.6. The van der Waals surface area contributed by atoms with Gasteiger partial charge in [0.1, 0.15) is 0 Å². The summed E-state index contributed by atoms with van der Waals surface area (Å²) in [7, 11) is 1.71. The topological polar surface area (TPSA) is 62.3 Å². The summed E-state index contributed by atoms with van der Waals surface area (Å²) in [6.07, 6.45) is 10.9. The first-order chi connectivity index (χ1) is 13.1. The maximum atomic E-state index is 12.7. The van der Waals surface area contributed by atoms with Gasteiger partial charge in [-0.15, -0.1) is 0 Å². The number of allylic oxidation sites excluding steroid dienone is 1. The summed E-state index contributed by atoms with van der Waals surface area (Å²) in [5.74, 6) is -0.397. The van der Waals surface area contributed by atoms with E-state index in [2.05, 4.69) is 16.4 Å². The van der Waals surface area contributed by atoms with Gasteiger partial charge in [0.2, 0.25) is 0 Å². The Morgan fingerprint density at radius 1 is 1.11 bits per heavy atom. The number of nitrogens with zero attached hydrogens (tertiary/aromatic N) is 2. The van der Waals surface area contributed by atoms with Crippen LogP contribution in [-0.2, 0) is 0 Å². The molecule has 1 aliphatic rings. The highest BCUT2D eigenvalue weighted by molar-refractivity contribution is 6.07. The Morgan fingerprint density at radius 2 is 1.89 bits per heavy atom. The number of amides is 2. The first-order valence-electron chi connectivity index (χ1n) is 9.39. The van der Waals surface area contributed by atoms with Gasteiger partial charge in [-0.05, 0) is 50.3 Å². The molecule has 0 saturated carbocycles. The van der Waals surface area contributed by atoms with Crippen molar-refractivity contribution in [3.8, 4) is 0 Å². The van der Waals surface area contributed by atoms with Gasteiger partial charge in [0, 0.05) is 31.7 Å². The smallest absolute Gasteiger partial charge is 0.259 e. The Hall–Kier alpha value is -2.95. The molecule has 0 aliphatic heterocycles. The summed E-state index contributed by atoms with van der Waals surface area (Å²) in [5.41, 5.74) is 3.01. The van der Waals surface area contributed by atoms with E-state index in [1.165, 1.54) is 30.8 Å². The van der Waals surface area contributed by atoms with Gasteiger partial charge in [0.25, 0.3) is 11.8 Å². The van der Waals surface area contributed by atoms with E-state index in [0.717, 1.165) is 24.9 Å². The van der Waals surface area contributed by atoms with Crippen LogP contribution in [0.1, 0.15) is 52.8 Å². The van der Waals surface area contributed by atoms with Crippen LogP contribution in [0.2, 0.25) is 0 Å². The zero-order chi connectivity index (χ0) is 19.1. The maximum absolute atomic E-state index is 12.7. The van der Waals surface area contributed by atoms with Crippen LogP contribution in [0.4, 0.5) is 5.69 Å². The minimum Gasteiger partial charge on any atom is -0.352 e. The van der Waals surface area contributed by atoms with Crippen LogP contribution in [0.15, 0.2) is 60.4 Å². The number of nitrogens with one attached hydrogen (secondary N) is 1. The predicted molar refractivity (Wildman–Crippen MR) is 107 cm³/mol. The molecule has 0 fully saturated rings. The highest BCUT2D eigenvalue weighted by Crippen LogP contribution is 2.19. The number of carbonyl (C=O) groups excluding carboxylic acids is 2. The largest absolute Gasteiger partial charge is 0.352 e. The van der Waals surface area contributed by atoms with Gasteiger partial charge in [-0.25, -0.2) is 0 Å². The number of anilines is 1. The lowest BCUT2D eigenvalue weighted by Gasteiger charge is -2.17. The SMILES string of the molecule is CN(C(=O)c1cncc(C(=O)NCCC2=CCCCC2)c1)c1ccccc1. The zero-order valence-corrected chi connectivity index (χ0v) is 15.6. The molecule has 140 valence electrons. The van der Waals surface area contributed by atoms with Crippen molar-refractivity contribution in [1.82, 2.24) is 10.3 Å². The molecule has 1 aliphatic carbocycles. The maximum Gasteiger partial charge on any atom is 0.259 e. The van der Waals surface area contributed by atoms with Crippen molar-refractivity contribution in [2.75, 3.05) is 18.5 Å². The minimum absolute atomic E-state index is 0.198. The van der Waals surface area contributed by atoms with Crippen LogP contribution in [0, 0.1) is 0 Å². The molecule has 2 aromatic rings. The molecule has 0 radical (unpaired) electrons. The highest BCUT2D eigenvalue weighted by atomic mass is 16.2. The molecule has 1 N–H and O–H groups in total. The molecule has 5 nitrogen and oxygen atoms in total. The molecule has 1 heterocycles. The third-order valence-electron chi connectivity index (χ3n) is 4.81. The molecule has 0 atom stereocenters. The predicted octanol–water partition coefficient (Wildman–Crippen LogP) is 3.98. The number of rotatable bonds is 6. The van der Waals surface area contributed by atoms with Crippen molar-refractivity contribution in [1.29, 1.82) is 0 Å². The van der Waals surface area contributed by atoms with Gasteiger partial charge in [-0.1, -0.05) is 29.8 Å². The first-order valence-corrected chi connectivity index (χ1v) is 9.39. The van der Waals surface area contributed by atoms with Gasteiger partial charge >= 0.3 is 0 Å². The van der Waals surface area contributed by atoms with Crippen LogP contribution >= 0.6 is 0 Å². The fourth-order valence-corrected chi connectivity index (χ4v) is 3.21. The van der Waals surface area contributed by atoms with E-state index in [-0.39, 0.29) is 11.8 Å². The van der Waals surface area contributed by atoms with Gasteiger partial charge < -0.3 is 10.2 Å². The Labute approximate surface area is 160 Å². The Morgan fingerprint density at radius 3 is 2.63 bits per heavy atom. The molecule has 0 spiro atoms. The Balaban J connectivity index is 1.61. The molecule has 1 aromatic carbocycles. The lowest BCUT2D eigenvalue weighted by Crippen LogP contribution is -2.28. The number of hydrogen-bond donors (Lipinski definition) is 1. The summed E-state index contributed by atoms with van der Waals surface area (Å²) >= 11 is 0. The fourth-order valence-electron chi connectivity index (χ4n) is 3.21. The Kier molecular flexibility index (Phi) is 6.36. The van der Waals surface area contributed by atoms with E-state index >= 15 is 0 Å². The molecule has 2 amide bonds. The number of benzene rings is 1. The molecular formula is C22H25N3O2. The monoisotopic (exact) mass is 363 g/mol. The third kappa shape index (κ3) is 5.03. The second-order valence-electron chi connectivity index (χ2n) is 6.78. The van der Waals surface area contributed by atoms with E-state index in [0.29, 0.717) is 17.7 Å². The number of hydrogen-bond acceptors (Lipinski definition) is 3. The number of carbonyl (C=O) groups is 2. The third-order valence-corrected chi connectivity index (χ3v) is 4.81. The highest BCUT2D eigenvalue weighted by Gasteiger charge is 2.16. The molecule has 0 bridgehead atoms. The first kappa shape index (κ1) is 18.8. The summed E-state index contributed by atoms with van der Waals surface area (Å²) in [6, 6.07) is 11.0. The fraction of sp³-hybridized carbons (Fsp3) is 0.318.